The Hall–Kier alpha value is -3.32. The highest BCUT2D eigenvalue weighted by atomic mass is 79.9. The molecule has 2 aliphatic heterocycles. The number of benzene rings is 3. The van der Waals surface area contributed by atoms with E-state index in [9.17, 15) is 14.7 Å². The van der Waals surface area contributed by atoms with E-state index in [1.807, 2.05) is 18.2 Å². The van der Waals surface area contributed by atoms with E-state index in [1.165, 1.54) is 0 Å². The maximum absolute atomic E-state index is 13.6. The van der Waals surface area contributed by atoms with E-state index in [-0.39, 0.29) is 5.91 Å². The van der Waals surface area contributed by atoms with Crippen LogP contribution in [0.1, 0.15) is 33.4 Å². The number of ether oxygens (including phenoxy) is 2. The van der Waals surface area contributed by atoms with Crippen molar-refractivity contribution in [2.75, 3.05) is 18.1 Å². The fourth-order valence-electron chi connectivity index (χ4n) is 4.30. The van der Waals surface area contributed by atoms with Crippen molar-refractivity contribution >= 4 is 33.5 Å². The summed E-state index contributed by atoms with van der Waals surface area (Å²) in [4.78, 5) is 27.7. The second-order valence-electron chi connectivity index (χ2n) is 7.41. The van der Waals surface area contributed by atoms with Crippen LogP contribution in [0.2, 0.25) is 0 Å². The van der Waals surface area contributed by atoms with Crippen LogP contribution in [0.15, 0.2) is 71.2 Å². The average molecular weight is 480 g/mol. The summed E-state index contributed by atoms with van der Waals surface area (Å²) in [6, 6.07) is 18.8. The molecule has 0 saturated carbocycles. The minimum absolute atomic E-state index is 0.244. The van der Waals surface area contributed by atoms with Gasteiger partial charge in [-0.1, -0.05) is 46.3 Å². The molecule has 0 fully saturated rings. The maximum Gasteiger partial charge on any atom is 0.313 e. The molecule has 0 bridgehead atoms. The quantitative estimate of drug-likeness (QED) is 0.584. The third kappa shape index (κ3) is 3.35. The summed E-state index contributed by atoms with van der Waals surface area (Å²) in [5, 5.41) is 10.3. The predicted molar refractivity (Wildman–Crippen MR) is 118 cm³/mol. The number of anilines is 1. The Morgan fingerprint density at radius 2 is 1.74 bits per heavy atom. The van der Waals surface area contributed by atoms with Gasteiger partial charge in [0.25, 0.3) is 5.91 Å². The van der Waals surface area contributed by atoms with Gasteiger partial charge in [0.05, 0.1) is 6.04 Å². The number of hydrogen-bond acceptors (Lipinski definition) is 4. The number of rotatable bonds is 3. The van der Waals surface area contributed by atoms with E-state index in [4.69, 9.17) is 9.47 Å². The zero-order chi connectivity index (χ0) is 21.5. The van der Waals surface area contributed by atoms with Gasteiger partial charge in [-0.15, -0.1) is 0 Å². The van der Waals surface area contributed by atoms with E-state index < -0.39 is 17.9 Å². The molecule has 0 radical (unpaired) electrons. The van der Waals surface area contributed by atoms with Crippen molar-refractivity contribution in [1.29, 1.82) is 0 Å². The summed E-state index contributed by atoms with van der Waals surface area (Å²) in [7, 11) is 0. The van der Waals surface area contributed by atoms with Crippen molar-refractivity contribution in [3.05, 3.63) is 87.9 Å². The van der Waals surface area contributed by atoms with E-state index in [0.29, 0.717) is 47.1 Å². The molecule has 5 rings (SSSR count). The lowest BCUT2D eigenvalue weighted by atomic mass is 9.79. The van der Waals surface area contributed by atoms with Gasteiger partial charge >= 0.3 is 5.97 Å². The summed E-state index contributed by atoms with van der Waals surface area (Å²) in [6.45, 7) is 0.879. The molecule has 2 unspecified atom stereocenters. The Balaban J connectivity index is 1.74. The number of carboxylic acids is 1. The van der Waals surface area contributed by atoms with Crippen molar-refractivity contribution < 1.29 is 24.2 Å². The molecule has 2 atom stereocenters. The summed E-state index contributed by atoms with van der Waals surface area (Å²) in [6.07, 6.45) is 0. The smallest absolute Gasteiger partial charge is 0.313 e. The number of carbonyl (C=O) groups excluding carboxylic acids is 1. The van der Waals surface area contributed by atoms with Gasteiger partial charge in [-0.05, 0) is 47.5 Å². The first-order valence-corrected chi connectivity index (χ1v) is 10.6. The van der Waals surface area contributed by atoms with Crippen molar-refractivity contribution in [2.45, 2.75) is 12.0 Å². The van der Waals surface area contributed by atoms with E-state index >= 15 is 0 Å². The van der Waals surface area contributed by atoms with Crippen LogP contribution < -0.4 is 14.4 Å². The number of fused-ring (bicyclic) bond motifs is 2. The van der Waals surface area contributed by atoms with Gasteiger partial charge in [0.2, 0.25) is 0 Å². The lowest BCUT2D eigenvalue weighted by molar-refractivity contribution is -0.139. The van der Waals surface area contributed by atoms with Crippen molar-refractivity contribution in [2.24, 2.45) is 0 Å². The first kappa shape index (κ1) is 19.6. The van der Waals surface area contributed by atoms with Crippen LogP contribution >= 0.6 is 15.9 Å². The monoisotopic (exact) mass is 479 g/mol. The van der Waals surface area contributed by atoms with Crippen molar-refractivity contribution in [1.82, 2.24) is 0 Å². The molecule has 31 heavy (non-hydrogen) atoms. The molecule has 7 heteroatoms. The SMILES string of the molecule is O=C(O)C1c2ccccc2C(=O)N(c2cccc(Br)c2)C1c1ccc2c(c1)OCCO2. The van der Waals surface area contributed by atoms with Gasteiger partial charge in [0.15, 0.2) is 11.5 Å². The van der Waals surface area contributed by atoms with E-state index in [1.54, 1.807) is 53.4 Å². The van der Waals surface area contributed by atoms with Gasteiger partial charge in [0, 0.05) is 15.7 Å². The van der Waals surface area contributed by atoms with Crippen LogP contribution in [0.5, 0.6) is 11.5 Å². The second-order valence-corrected chi connectivity index (χ2v) is 8.32. The second kappa shape index (κ2) is 7.74. The van der Waals surface area contributed by atoms with Gasteiger partial charge < -0.3 is 14.6 Å². The van der Waals surface area contributed by atoms with E-state index in [2.05, 4.69) is 15.9 Å². The minimum Gasteiger partial charge on any atom is -0.486 e. The fourth-order valence-corrected chi connectivity index (χ4v) is 4.68. The van der Waals surface area contributed by atoms with Crippen LogP contribution in [0.25, 0.3) is 0 Å². The summed E-state index contributed by atoms with van der Waals surface area (Å²) in [5.41, 5.74) is 2.18. The van der Waals surface area contributed by atoms with Gasteiger partial charge in [-0.2, -0.15) is 0 Å². The molecular weight excluding hydrogens is 462 g/mol. The Labute approximate surface area is 187 Å². The lowest BCUT2D eigenvalue weighted by Crippen LogP contribution is -2.45. The molecule has 3 aromatic carbocycles. The lowest BCUT2D eigenvalue weighted by Gasteiger charge is -2.41. The minimum atomic E-state index is -1.00. The van der Waals surface area contributed by atoms with Crippen molar-refractivity contribution in [3.8, 4) is 11.5 Å². The largest absolute Gasteiger partial charge is 0.486 e. The van der Waals surface area contributed by atoms with Crippen LogP contribution in [-0.4, -0.2) is 30.2 Å². The standard InChI is InChI=1S/C24H18BrNO5/c25-15-4-3-5-16(13-15)26-22(14-8-9-19-20(12-14)31-11-10-30-19)21(24(28)29)17-6-1-2-7-18(17)23(26)27/h1-9,12-13,21-22H,10-11H2,(H,28,29). The van der Waals surface area contributed by atoms with Crippen LogP contribution in [0.3, 0.4) is 0 Å². The third-order valence-corrected chi connectivity index (χ3v) is 6.09. The van der Waals surface area contributed by atoms with E-state index in [0.717, 1.165) is 4.47 Å². The number of aliphatic carboxylic acids is 1. The number of carboxylic acid groups (broad SMARTS) is 1. The first-order valence-electron chi connectivity index (χ1n) is 9.85. The molecule has 1 amide bonds. The highest BCUT2D eigenvalue weighted by Gasteiger charge is 2.45. The molecule has 156 valence electrons. The predicted octanol–water partition coefficient (Wildman–Crippen LogP) is 4.79. The van der Waals surface area contributed by atoms with Gasteiger partial charge in [-0.25, -0.2) is 0 Å². The normalized spacial score (nSPS) is 19.6. The van der Waals surface area contributed by atoms with Crippen LogP contribution in [-0.2, 0) is 4.79 Å². The molecule has 2 aliphatic rings. The third-order valence-electron chi connectivity index (χ3n) is 5.60. The Bertz CT molecular complexity index is 1190. The van der Waals surface area contributed by atoms with Gasteiger partial charge in [0.1, 0.15) is 19.1 Å². The molecule has 0 spiro atoms. The number of halogens is 1. The highest BCUT2D eigenvalue weighted by molar-refractivity contribution is 9.10. The Morgan fingerprint density at radius 3 is 2.52 bits per heavy atom. The zero-order valence-corrected chi connectivity index (χ0v) is 17.9. The topological polar surface area (TPSA) is 76.1 Å². The highest BCUT2D eigenvalue weighted by Crippen LogP contribution is 2.47. The number of nitrogens with zero attached hydrogens (tertiary/aromatic N) is 1. The van der Waals surface area contributed by atoms with Gasteiger partial charge in [-0.3, -0.25) is 14.5 Å². The number of hydrogen-bond donors (Lipinski definition) is 1. The number of amides is 1. The maximum atomic E-state index is 13.6. The summed E-state index contributed by atoms with van der Waals surface area (Å²) in [5.74, 6) is -1.03. The molecule has 6 nitrogen and oxygen atoms in total. The fraction of sp³-hybridized carbons (Fsp3) is 0.167. The molecule has 3 aromatic rings. The summed E-state index contributed by atoms with van der Waals surface area (Å²) < 4.78 is 12.1. The van der Waals surface area contributed by atoms with Crippen molar-refractivity contribution in [3.63, 3.8) is 0 Å². The Morgan fingerprint density at radius 1 is 0.968 bits per heavy atom. The molecule has 1 N–H and O–H groups in total. The number of carbonyl (C=O) groups is 2. The molecule has 0 aliphatic carbocycles. The molecule has 0 saturated heterocycles. The molecule has 2 heterocycles. The molecule has 0 aromatic heterocycles. The van der Waals surface area contributed by atoms with Crippen LogP contribution in [0.4, 0.5) is 5.69 Å². The van der Waals surface area contributed by atoms with Crippen LogP contribution in [0, 0.1) is 0 Å². The zero-order valence-electron chi connectivity index (χ0n) is 16.3. The Kier molecular flexibility index (Phi) is 4.90. The molecular formula is C24H18BrNO5. The summed E-state index contributed by atoms with van der Waals surface area (Å²) >= 11 is 3.46. The first-order chi connectivity index (χ1) is 15.0. The average Bonchev–Trinajstić information content (AvgIpc) is 2.78.